The predicted molar refractivity (Wildman–Crippen MR) is 117 cm³/mol. The quantitative estimate of drug-likeness (QED) is 0.453. The highest BCUT2D eigenvalue weighted by molar-refractivity contribution is 5.74. The Morgan fingerprint density at radius 2 is 1.75 bits per heavy atom. The van der Waals surface area contributed by atoms with E-state index in [4.69, 9.17) is 10.5 Å². The molecule has 0 saturated heterocycles. The van der Waals surface area contributed by atoms with Gasteiger partial charge < -0.3 is 20.9 Å². The van der Waals surface area contributed by atoms with E-state index in [1.165, 1.54) is 11.1 Å². The highest BCUT2D eigenvalue weighted by Crippen LogP contribution is 2.34. The first-order valence-electron chi connectivity index (χ1n) is 9.47. The van der Waals surface area contributed by atoms with Crippen LogP contribution in [0.25, 0.3) is 5.57 Å². The van der Waals surface area contributed by atoms with E-state index in [0.717, 1.165) is 52.2 Å². The Labute approximate surface area is 167 Å². The number of allylic oxidation sites excluding steroid dienone is 5. The van der Waals surface area contributed by atoms with Crippen molar-refractivity contribution in [2.24, 2.45) is 0 Å². The maximum absolute atomic E-state index is 10.9. The number of ether oxygens (including phenoxy) is 1. The Hall–Kier alpha value is -3.14. The van der Waals surface area contributed by atoms with Crippen molar-refractivity contribution >= 4 is 16.9 Å². The minimum absolute atomic E-state index is 0.147. The van der Waals surface area contributed by atoms with Gasteiger partial charge in [-0.1, -0.05) is 11.6 Å². The van der Waals surface area contributed by atoms with Crippen LogP contribution in [0.3, 0.4) is 0 Å². The summed E-state index contributed by atoms with van der Waals surface area (Å²) in [6.07, 6.45) is 3.97. The summed E-state index contributed by atoms with van der Waals surface area (Å²) in [6, 6.07) is 13.6. The second-order valence-corrected chi connectivity index (χ2v) is 7.26. The summed E-state index contributed by atoms with van der Waals surface area (Å²) in [4.78, 5) is 0. The van der Waals surface area contributed by atoms with Crippen LogP contribution in [-0.2, 0) is 0 Å². The van der Waals surface area contributed by atoms with Gasteiger partial charge >= 0.3 is 0 Å². The summed E-state index contributed by atoms with van der Waals surface area (Å²) in [6.45, 7) is 6.20. The number of hydrogen-bond donors (Lipinski definition) is 3. The van der Waals surface area contributed by atoms with Gasteiger partial charge in [0.1, 0.15) is 5.75 Å². The van der Waals surface area contributed by atoms with Gasteiger partial charge in [0.2, 0.25) is 0 Å². The Morgan fingerprint density at radius 1 is 1.04 bits per heavy atom. The van der Waals surface area contributed by atoms with Crippen molar-refractivity contribution in [1.29, 1.82) is 0 Å². The second kappa shape index (κ2) is 8.26. The zero-order chi connectivity index (χ0) is 20.3. The largest absolute Gasteiger partial charge is 0.497 e. The van der Waals surface area contributed by atoms with Crippen LogP contribution in [0.1, 0.15) is 37.8 Å². The fourth-order valence-electron chi connectivity index (χ4n) is 3.32. The number of methoxy groups -OCH3 is 1. The number of anilines is 2. The molecule has 0 saturated carbocycles. The molecule has 4 nitrogen and oxygen atoms in total. The molecule has 0 amide bonds. The molecule has 2 aromatic carbocycles. The monoisotopic (exact) mass is 376 g/mol. The number of hydrogen-bond acceptors (Lipinski definition) is 4. The molecule has 1 aliphatic rings. The summed E-state index contributed by atoms with van der Waals surface area (Å²) in [7, 11) is 1.63. The summed E-state index contributed by atoms with van der Waals surface area (Å²) < 4.78 is 5.19. The van der Waals surface area contributed by atoms with Crippen LogP contribution >= 0.6 is 0 Å². The average molecular weight is 377 g/mol. The number of benzene rings is 2. The van der Waals surface area contributed by atoms with Crippen molar-refractivity contribution in [3.05, 3.63) is 82.3 Å². The zero-order valence-electron chi connectivity index (χ0n) is 17.0. The third-order valence-corrected chi connectivity index (χ3v) is 5.38. The van der Waals surface area contributed by atoms with Crippen LogP contribution < -0.4 is 15.8 Å². The molecule has 3 rings (SSSR count). The fourth-order valence-corrected chi connectivity index (χ4v) is 3.32. The topological polar surface area (TPSA) is 67.5 Å². The van der Waals surface area contributed by atoms with E-state index in [9.17, 15) is 5.11 Å². The van der Waals surface area contributed by atoms with Crippen molar-refractivity contribution in [3.63, 3.8) is 0 Å². The van der Waals surface area contributed by atoms with E-state index in [1.54, 1.807) is 7.11 Å². The lowest BCUT2D eigenvalue weighted by atomic mass is 9.97. The number of nitrogens with one attached hydrogen (secondary N) is 1. The Morgan fingerprint density at radius 3 is 2.39 bits per heavy atom. The van der Waals surface area contributed by atoms with Gasteiger partial charge in [-0.05, 0) is 98.4 Å². The summed E-state index contributed by atoms with van der Waals surface area (Å²) in [5.74, 6) is 0.925. The van der Waals surface area contributed by atoms with E-state index in [0.29, 0.717) is 0 Å². The predicted octanol–water partition coefficient (Wildman–Crippen LogP) is 5.98. The van der Waals surface area contributed by atoms with Crippen LogP contribution in [0.15, 0.2) is 71.1 Å². The summed E-state index contributed by atoms with van der Waals surface area (Å²) in [5, 5.41) is 14.0. The van der Waals surface area contributed by atoms with Gasteiger partial charge in [-0.3, -0.25) is 0 Å². The molecule has 0 spiro atoms. The number of aryl methyl sites for hydroxylation is 1. The van der Waals surface area contributed by atoms with E-state index < -0.39 is 0 Å². The summed E-state index contributed by atoms with van der Waals surface area (Å²) >= 11 is 0. The Bertz CT molecular complexity index is 967. The Balaban J connectivity index is 2.00. The highest BCUT2D eigenvalue weighted by Gasteiger charge is 2.16. The van der Waals surface area contributed by atoms with Crippen LogP contribution in [-0.4, -0.2) is 12.2 Å². The number of aliphatic hydroxyl groups excluding tert-OH is 1. The zero-order valence-corrected chi connectivity index (χ0v) is 17.0. The molecule has 0 atom stereocenters. The first-order chi connectivity index (χ1) is 13.4. The lowest BCUT2D eigenvalue weighted by molar-refractivity contribution is 0.413. The molecule has 0 fully saturated rings. The molecule has 0 heterocycles. The van der Waals surface area contributed by atoms with Crippen LogP contribution in [0.4, 0.5) is 11.4 Å². The molecule has 4 N–H and O–H groups in total. The van der Waals surface area contributed by atoms with Gasteiger partial charge in [-0.15, -0.1) is 0 Å². The van der Waals surface area contributed by atoms with Crippen molar-refractivity contribution in [2.45, 2.75) is 33.6 Å². The van der Waals surface area contributed by atoms with Gasteiger partial charge in [-0.2, -0.15) is 0 Å². The second-order valence-electron chi connectivity index (χ2n) is 7.26. The van der Waals surface area contributed by atoms with Crippen molar-refractivity contribution in [2.75, 3.05) is 18.2 Å². The normalized spacial score (nSPS) is 16.4. The maximum Gasteiger partial charge on any atom is 0.196 e. The molecule has 2 aromatic rings. The first kappa shape index (κ1) is 19.6. The van der Waals surface area contributed by atoms with Gasteiger partial charge in [0, 0.05) is 16.9 Å². The molecule has 0 unspecified atom stereocenters. The highest BCUT2D eigenvalue weighted by atomic mass is 16.5. The SMILES string of the molecule is COc1ccc(NC(O)=C2C=C(c3ccc(N)c(C)c3)CCC(C)=C2C)cc1. The molecule has 0 radical (unpaired) electrons. The van der Waals surface area contributed by atoms with Gasteiger partial charge in [-0.25, -0.2) is 0 Å². The molecule has 1 aliphatic carbocycles. The summed E-state index contributed by atoms with van der Waals surface area (Å²) in [5.41, 5.74) is 14.2. The lowest BCUT2D eigenvalue weighted by Crippen LogP contribution is -2.04. The van der Waals surface area contributed by atoms with E-state index >= 15 is 0 Å². The van der Waals surface area contributed by atoms with Crippen LogP contribution in [0.5, 0.6) is 5.75 Å². The van der Waals surface area contributed by atoms with Crippen molar-refractivity contribution in [3.8, 4) is 5.75 Å². The van der Waals surface area contributed by atoms with Gasteiger partial charge in [0.25, 0.3) is 0 Å². The molecule has 28 heavy (non-hydrogen) atoms. The molecular weight excluding hydrogens is 348 g/mol. The number of nitrogens with two attached hydrogens (primary N) is 1. The standard InChI is InChI=1S/C24H28N2O2/c1-15-5-6-19(18-7-12-23(25)16(2)13-18)14-22(17(15)3)24(27)26-20-8-10-21(28-4)11-9-20/h7-14,26-27H,5-6,25H2,1-4H3. The van der Waals surface area contributed by atoms with E-state index in [2.05, 4.69) is 37.4 Å². The van der Waals surface area contributed by atoms with Gasteiger partial charge in [0.05, 0.1) is 7.11 Å². The average Bonchev–Trinajstić information content (AvgIpc) is 2.84. The fraction of sp³-hybridized carbons (Fsp3) is 0.250. The number of aliphatic hydroxyl groups is 1. The van der Waals surface area contributed by atoms with Gasteiger partial charge in [0.15, 0.2) is 5.88 Å². The number of rotatable bonds is 4. The first-order valence-corrected chi connectivity index (χ1v) is 9.47. The van der Waals surface area contributed by atoms with Crippen LogP contribution in [0, 0.1) is 6.92 Å². The van der Waals surface area contributed by atoms with Crippen LogP contribution in [0.2, 0.25) is 0 Å². The minimum atomic E-state index is 0.147. The minimum Gasteiger partial charge on any atom is -0.497 e. The molecular formula is C24H28N2O2. The third-order valence-electron chi connectivity index (χ3n) is 5.38. The third kappa shape index (κ3) is 4.22. The maximum atomic E-state index is 10.9. The number of nitrogen functional groups attached to an aromatic ring is 1. The molecule has 0 aromatic heterocycles. The molecule has 0 bridgehead atoms. The van der Waals surface area contributed by atoms with E-state index in [-0.39, 0.29) is 5.88 Å². The molecule has 0 aliphatic heterocycles. The molecule has 146 valence electrons. The van der Waals surface area contributed by atoms with Crippen molar-refractivity contribution in [1.82, 2.24) is 0 Å². The smallest absolute Gasteiger partial charge is 0.196 e. The lowest BCUT2D eigenvalue weighted by Gasteiger charge is -2.13. The van der Waals surface area contributed by atoms with E-state index in [1.807, 2.05) is 37.3 Å². The molecule has 4 heteroatoms. The Kier molecular flexibility index (Phi) is 5.78. The van der Waals surface area contributed by atoms with Crippen molar-refractivity contribution < 1.29 is 9.84 Å².